The number of nitrogens with one attached hydrogen (secondary N) is 3. The summed E-state index contributed by atoms with van der Waals surface area (Å²) >= 11 is 12.0. The van der Waals surface area contributed by atoms with Crippen molar-refractivity contribution in [3.05, 3.63) is 101 Å². The van der Waals surface area contributed by atoms with Crippen molar-refractivity contribution in [3.8, 4) is 5.75 Å². The number of ether oxygens (including phenoxy) is 2. The number of anilines is 4. The fourth-order valence-corrected chi connectivity index (χ4v) is 7.76. The van der Waals surface area contributed by atoms with Crippen LogP contribution < -0.4 is 24.4 Å². The molecule has 1 saturated heterocycles. The Bertz CT molecular complexity index is 1950. The van der Waals surface area contributed by atoms with Crippen LogP contribution in [0.3, 0.4) is 0 Å². The highest BCUT2D eigenvalue weighted by atomic mass is 35.5. The van der Waals surface area contributed by atoms with Crippen LogP contribution in [0.5, 0.6) is 5.75 Å². The summed E-state index contributed by atoms with van der Waals surface area (Å²) < 4.78 is 69.2. The molecule has 4 aromatic rings. The summed E-state index contributed by atoms with van der Waals surface area (Å²) in [7, 11) is -6.86. The van der Waals surface area contributed by atoms with Gasteiger partial charge in [0, 0.05) is 35.1 Å². The van der Waals surface area contributed by atoms with Gasteiger partial charge in [0.2, 0.25) is 0 Å². The summed E-state index contributed by atoms with van der Waals surface area (Å²) in [6.45, 7) is 1.82. The first kappa shape index (κ1) is 32.4. The molecule has 0 aromatic heterocycles. The molecule has 11 nitrogen and oxygen atoms in total. The average molecular weight is 692 g/mol. The number of carbonyl (C=O) groups is 1. The topological polar surface area (TPSA) is 143 Å². The Morgan fingerprint density at radius 1 is 0.800 bits per heavy atom. The van der Waals surface area contributed by atoms with Gasteiger partial charge in [0.15, 0.2) is 0 Å². The van der Waals surface area contributed by atoms with E-state index in [1.807, 2.05) is 4.90 Å². The third-order valence-corrected chi connectivity index (χ3v) is 10.3. The highest BCUT2D eigenvalue weighted by molar-refractivity contribution is 7.93. The summed E-state index contributed by atoms with van der Waals surface area (Å²) in [4.78, 5) is 14.9. The van der Waals surface area contributed by atoms with Gasteiger partial charge >= 0.3 is 0 Å². The lowest BCUT2D eigenvalue weighted by Gasteiger charge is -2.30. The van der Waals surface area contributed by atoms with Crippen LogP contribution in [-0.2, 0) is 24.8 Å². The number of hydrogen-bond donors (Lipinski definition) is 3. The second kappa shape index (κ2) is 13.5. The fourth-order valence-electron chi connectivity index (χ4n) is 4.62. The van der Waals surface area contributed by atoms with Crippen molar-refractivity contribution in [1.82, 2.24) is 0 Å². The summed E-state index contributed by atoms with van der Waals surface area (Å²) in [5.41, 5.74) is 1.11. The summed E-state index contributed by atoms with van der Waals surface area (Å²) in [6.07, 6.45) is 0. The molecule has 45 heavy (non-hydrogen) atoms. The molecule has 15 heteroatoms. The number of halogens is 2. The van der Waals surface area contributed by atoms with Crippen molar-refractivity contribution in [2.75, 3.05) is 53.1 Å². The molecule has 1 aliphatic heterocycles. The van der Waals surface area contributed by atoms with Gasteiger partial charge in [0.25, 0.3) is 26.0 Å². The van der Waals surface area contributed by atoms with Crippen LogP contribution in [0.1, 0.15) is 10.4 Å². The molecule has 5 rings (SSSR count). The third-order valence-electron chi connectivity index (χ3n) is 6.77. The van der Waals surface area contributed by atoms with Gasteiger partial charge in [-0.05, 0) is 66.7 Å². The molecule has 1 aliphatic rings. The maximum atomic E-state index is 13.8. The van der Waals surface area contributed by atoms with Crippen LogP contribution in [0.2, 0.25) is 10.0 Å². The van der Waals surface area contributed by atoms with E-state index >= 15 is 0 Å². The van der Waals surface area contributed by atoms with Crippen molar-refractivity contribution in [2.45, 2.75) is 9.79 Å². The van der Waals surface area contributed by atoms with Crippen LogP contribution in [0.25, 0.3) is 0 Å². The molecule has 1 heterocycles. The van der Waals surface area contributed by atoms with E-state index in [1.165, 1.54) is 55.6 Å². The highest BCUT2D eigenvalue weighted by Gasteiger charge is 2.26. The van der Waals surface area contributed by atoms with Crippen molar-refractivity contribution in [3.63, 3.8) is 0 Å². The Morgan fingerprint density at radius 2 is 1.53 bits per heavy atom. The number of nitrogens with zero attached hydrogens (tertiary/aromatic N) is 1. The lowest BCUT2D eigenvalue weighted by atomic mass is 10.2. The van der Waals surface area contributed by atoms with Crippen LogP contribution in [0.15, 0.2) is 94.7 Å². The Labute approximate surface area is 271 Å². The number of sulfonamides is 2. The van der Waals surface area contributed by atoms with Gasteiger partial charge in [0.05, 0.1) is 36.7 Å². The Morgan fingerprint density at radius 3 is 2.29 bits per heavy atom. The molecule has 0 saturated carbocycles. The zero-order valence-electron chi connectivity index (χ0n) is 23.8. The maximum absolute atomic E-state index is 13.8. The molecule has 0 radical (unpaired) electrons. The standard InChI is InChI=1S/C30H28Cl2N4O7S2/c1-42-27-8-3-2-7-25(27)35-45(40,41)29-19-22(10-12-26(29)36-13-15-43-16-14-36)33-30(37)20-5-4-6-23(17-20)34-44(38,39)28-18-21(31)9-11-24(28)32/h2-12,17-19,34-35H,13-16H2,1H3,(H,33,37). The largest absolute Gasteiger partial charge is 0.495 e. The Balaban J connectivity index is 1.42. The molecule has 0 unspecified atom stereocenters. The zero-order chi connectivity index (χ0) is 32.2. The molecular weight excluding hydrogens is 663 g/mol. The van der Waals surface area contributed by atoms with Crippen LogP contribution in [-0.4, -0.2) is 56.2 Å². The molecule has 0 aliphatic carbocycles. The first-order valence-electron chi connectivity index (χ1n) is 13.5. The minimum absolute atomic E-state index is 0.0210. The first-order valence-corrected chi connectivity index (χ1v) is 17.2. The van der Waals surface area contributed by atoms with E-state index in [1.54, 1.807) is 36.4 Å². The summed E-state index contributed by atoms with van der Waals surface area (Å²) in [5, 5.41) is 2.88. The Hall–Kier alpha value is -4.01. The molecular formula is C30H28Cl2N4O7S2. The van der Waals surface area contributed by atoms with Crippen molar-refractivity contribution >= 4 is 71.9 Å². The number of para-hydroxylation sites is 2. The average Bonchev–Trinajstić information content (AvgIpc) is 3.02. The van der Waals surface area contributed by atoms with E-state index in [9.17, 15) is 21.6 Å². The highest BCUT2D eigenvalue weighted by Crippen LogP contribution is 2.33. The molecule has 0 bridgehead atoms. The molecule has 1 fully saturated rings. The van der Waals surface area contributed by atoms with Gasteiger partial charge in [-0.2, -0.15) is 0 Å². The summed E-state index contributed by atoms with van der Waals surface area (Å²) in [5.74, 6) is -0.261. The minimum atomic E-state index is -4.17. The van der Waals surface area contributed by atoms with E-state index < -0.39 is 26.0 Å². The van der Waals surface area contributed by atoms with Gasteiger partial charge in [-0.25, -0.2) is 16.8 Å². The zero-order valence-corrected chi connectivity index (χ0v) is 26.9. The number of carbonyl (C=O) groups excluding carboxylic acids is 1. The fraction of sp³-hybridized carbons (Fsp3) is 0.167. The molecule has 0 spiro atoms. The predicted molar refractivity (Wildman–Crippen MR) is 175 cm³/mol. The molecule has 4 aromatic carbocycles. The maximum Gasteiger partial charge on any atom is 0.264 e. The quantitative estimate of drug-likeness (QED) is 0.193. The van der Waals surface area contributed by atoms with Crippen molar-refractivity contribution in [1.29, 1.82) is 0 Å². The number of benzene rings is 4. The summed E-state index contributed by atoms with van der Waals surface area (Å²) in [6, 6.07) is 21.1. The molecule has 1 amide bonds. The SMILES string of the molecule is COc1ccccc1NS(=O)(=O)c1cc(NC(=O)c2cccc(NS(=O)(=O)c3cc(Cl)ccc3Cl)c2)ccc1N1CCOCC1. The van der Waals surface area contributed by atoms with Crippen LogP contribution >= 0.6 is 23.2 Å². The van der Waals surface area contributed by atoms with E-state index in [0.717, 1.165) is 0 Å². The second-order valence-corrected chi connectivity index (χ2v) is 13.9. The van der Waals surface area contributed by atoms with Crippen LogP contribution in [0.4, 0.5) is 22.7 Å². The lowest BCUT2D eigenvalue weighted by Crippen LogP contribution is -2.37. The number of morpholine rings is 1. The minimum Gasteiger partial charge on any atom is -0.495 e. The molecule has 236 valence electrons. The van der Waals surface area contributed by atoms with Gasteiger partial charge < -0.3 is 19.7 Å². The van der Waals surface area contributed by atoms with E-state index in [4.69, 9.17) is 32.7 Å². The van der Waals surface area contributed by atoms with E-state index in [2.05, 4.69) is 14.8 Å². The van der Waals surface area contributed by atoms with Gasteiger partial charge in [-0.1, -0.05) is 41.4 Å². The number of amides is 1. The van der Waals surface area contributed by atoms with Crippen molar-refractivity contribution in [2.24, 2.45) is 0 Å². The predicted octanol–water partition coefficient (Wildman–Crippen LogP) is 5.69. The third kappa shape index (κ3) is 7.63. The number of methoxy groups -OCH3 is 1. The van der Waals surface area contributed by atoms with Gasteiger partial charge in [0.1, 0.15) is 15.5 Å². The number of rotatable bonds is 10. The van der Waals surface area contributed by atoms with Gasteiger partial charge in [-0.15, -0.1) is 0 Å². The molecule has 0 atom stereocenters. The van der Waals surface area contributed by atoms with E-state index in [0.29, 0.717) is 37.7 Å². The monoisotopic (exact) mass is 690 g/mol. The van der Waals surface area contributed by atoms with Gasteiger partial charge in [-0.3, -0.25) is 14.2 Å². The van der Waals surface area contributed by atoms with Crippen LogP contribution in [0, 0.1) is 0 Å². The molecule has 3 N–H and O–H groups in total. The Kier molecular flexibility index (Phi) is 9.75. The van der Waals surface area contributed by atoms with Crippen molar-refractivity contribution < 1.29 is 31.1 Å². The second-order valence-electron chi connectivity index (χ2n) is 9.80. The number of hydrogen-bond acceptors (Lipinski definition) is 8. The smallest absolute Gasteiger partial charge is 0.264 e. The lowest BCUT2D eigenvalue weighted by molar-refractivity contribution is 0.102. The first-order chi connectivity index (χ1) is 21.5. The normalized spacial score (nSPS) is 13.6. The van der Waals surface area contributed by atoms with E-state index in [-0.39, 0.29) is 42.5 Å².